The van der Waals surface area contributed by atoms with Crippen LogP contribution in [-0.2, 0) is 21.5 Å². The largest absolute Gasteiger partial charge is 0.461 e. The van der Waals surface area contributed by atoms with Crippen LogP contribution in [0.1, 0.15) is 57.7 Å². The van der Waals surface area contributed by atoms with Crippen molar-refractivity contribution in [1.29, 1.82) is 0 Å². The van der Waals surface area contributed by atoms with E-state index in [1.54, 1.807) is 6.92 Å². The van der Waals surface area contributed by atoms with Crippen LogP contribution in [0.25, 0.3) is 0 Å². The molecule has 0 saturated heterocycles. The summed E-state index contributed by atoms with van der Waals surface area (Å²) in [4.78, 5) is 23.8. The first-order valence-electron chi connectivity index (χ1n) is 7.07. The molecule has 1 rings (SSSR count). The molecular formula is C14H24N4O3. The van der Waals surface area contributed by atoms with E-state index < -0.39 is 5.97 Å². The van der Waals surface area contributed by atoms with Gasteiger partial charge in [0.2, 0.25) is 5.91 Å². The number of rotatable bonds is 5. The van der Waals surface area contributed by atoms with Crippen molar-refractivity contribution in [3.8, 4) is 0 Å². The lowest BCUT2D eigenvalue weighted by atomic mass is 9.90. The molecule has 0 aliphatic heterocycles. The Bertz CT molecular complexity index is 515. The van der Waals surface area contributed by atoms with E-state index in [1.807, 2.05) is 34.6 Å². The molecule has 0 aliphatic carbocycles. The molecule has 0 atom stereocenters. The van der Waals surface area contributed by atoms with Crippen molar-refractivity contribution in [3.05, 3.63) is 11.4 Å². The van der Waals surface area contributed by atoms with Crippen LogP contribution >= 0.6 is 0 Å². The lowest BCUT2D eigenvalue weighted by molar-refractivity contribution is -0.122. The number of aromatic nitrogens is 3. The van der Waals surface area contributed by atoms with Crippen LogP contribution in [-0.4, -0.2) is 39.5 Å². The third-order valence-corrected chi connectivity index (χ3v) is 2.66. The van der Waals surface area contributed by atoms with Gasteiger partial charge in [0, 0.05) is 11.5 Å². The van der Waals surface area contributed by atoms with E-state index in [-0.39, 0.29) is 36.2 Å². The van der Waals surface area contributed by atoms with Gasteiger partial charge in [-0.3, -0.25) is 4.79 Å². The number of esters is 1. The number of ether oxygens (including phenoxy) is 1. The number of hydrogen-bond donors (Lipinski definition) is 1. The van der Waals surface area contributed by atoms with E-state index in [0.717, 1.165) is 0 Å². The van der Waals surface area contributed by atoms with Crippen LogP contribution in [0.5, 0.6) is 0 Å². The van der Waals surface area contributed by atoms with Gasteiger partial charge in [-0.2, -0.15) is 0 Å². The van der Waals surface area contributed by atoms with E-state index in [0.29, 0.717) is 5.69 Å². The van der Waals surface area contributed by atoms with Crippen LogP contribution in [0, 0.1) is 0 Å². The van der Waals surface area contributed by atoms with E-state index in [2.05, 4.69) is 15.6 Å². The molecule has 21 heavy (non-hydrogen) atoms. The summed E-state index contributed by atoms with van der Waals surface area (Å²) in [6.45, 7) is 11.6. The van der Waals surface area contributed by atoms with Gasteiger partial charge in [0.1, 0.15) is 6.54 Å². The summed E-state index contributed by atoms with van der Waals surface area (Å²) >= 11 is 0. The van der Waals surface area contributed by atoms with Crippen molar-refractivity contribution < 1.29 is 14.3 Å². The zero-order valence-electron chi connectivity index (χ0n) is 13.6. The minimum Gasteiger partial charge on any atom is -0.461 e. The Morgan fingerprint density at radius 3 is 2.43 bits per heavy atom. The number of nitrogens with one attached hydrogen (secondary N) is 1. The Morgan fingerprint density at radius 2 is 1.95 bits per heavy atom. The first kappa shape index (κ1) is 17.1. The van der Waals surface area contributed by atoms with Crippen molar-refractivity contribution in [2.45, 2.75) is 59.5 Å². The molecule has 7 heteroatoms. The molecule has 0 unspecified atom stereocenters. The third kappa shape index (κ3) is 4.54. The number of carbonyl (C=O) groups excluding carboxylic acids is 2. The molecule has 0 radical (unpaired) electrons. The highest BCUT2D eigenvalue weighted by molar-refractivity contribution is 5.89. The summed E-state index contributed by atoms with van der Waals surface area (Å²) in [5.74, 6) is -0.686. The first-order chi connectivity index (χ1) is 9.66. The Labute approximate surface area is 125 Å². The molecule has 0 aromatic carbocycles. The fraction of sp³-hybridized carbons (Fsp3) is 0.714. The molecule has 0 aliphatic rings. The summed E-state index contributed by atoms with van der Waals surface area (Å²) in [5.41, 5.74) is 0.380. The molecule has 1 N–H and O–H groups in total. The second-order valence-electron chi connectivity index (χ2n) is 6.14. The zero-order chi connectivity index (χ0) is 16.2. The Hall–Kier alpha value is -1.92. The highest BCUT2D eigenvalue weighted by Crippen LogP contribution is 2.25. The molecule has 7 nitrogen and oxygen atoms in total. The van der Waals surface area contributed by atoms with Gasteiger partial charge in [0.05, 0.1) is 12.3 Å². The van der Waals surface area contributed by atoms with E-state index in [4.69, 9.17) is 4.74 Å². The quantitative estimate of drug-likeness (QED) is 0.827. The van der Waals surface area contributed by atoms with E-state index in [9.17, 15) is 9.59 Å². The van der Waals surface area contributed by atoms with Crippen molar-refractivity contribution >= 4 is 11.9 Å². The number of hydrogen-bond acceptors (Lipinski definition) is 5. The maximum absolute atomic E-state index is 12.0. The van der Waals surface area contributed by atoms with Crippen LogP contribution in [0.2, 0.25) is 0 Å². The molecule has 1 aromatic heterocycles. The Kier molecular flexibility index (Phi) is 5.46. The maximum atomic E-state index is 12.0. The van der Waals surface area contributed by atoms with Crippen LogP contribution in [0.4, 0.5) is 0 Å². The van der Waals surface area contributed by atoms with Crippen LogP contribution < -0.4 is 5.32 Å². The normalized spacial score (nSPS) is 11.6. The highest BCUT2D eigenvalue weighted by atomic mass is 16.5. The molecular weight excluding hydrogens is 272 g/mol. The minimum absolute atomic E-state index is 0.0250. The molecule has 0 bridgehead atoms. The smallest absolute Gasteiger partial charge is 0.360 e. The number of nitrogens with zero attached hydrogens (tertiary/aromatic N) is 3. The summed E-state index contributed by atoms with van der Waals surface area (Å²) in [5, 5.41) is 10.6. The maximum Gasteiger partial charge on any atom is 0.360 e. The summed E-state index contributed by atoms with van der Waals surface area (Å²) in [6.07, 6.45) is 0. The molecule has 118 valence electrons. The van der Waals surface area contributed by atoms with Gasteiger partial charge < -0.3 is 10.1 Å². The first-order valence-corrected chi connectivity index (χ1v) is 7.07. The average molecular weight is 296 g/mol. The summed E-state index contributed by atoms with van der Waals surface area (Å²) < 4.78 is 6.45. The molecule has 1 amide bonds. The van der Waals surface area contributed by atoms with E-state index in [1.165, 1.54) is 4.68 Å². The molecule has 0 saturated carbocycles. The summed E-state index contributed by atoms with van der Waals surface area (Å²) in [6, 6.07) is 0.0450. The minimum atomic E-state index is -0.516. The van der Waals surface area contributed by atoms with Crippen LogP contribution in [0.3, 0.4) is 0 Å². The van der Waals surface area contributed by atoms with Crippen molar-refractivity contribution in [3.63, 3.8) is 0 Å². The summed E-state index contributed by atoms with van der Waals surface area (Å²) in [7, 11) is 0. The predicted molar refractivity (Wildman–Crippen MR) is 78.0 cm³/mol. The lowest BCUT2D eigenvalue weighted by Gasteiger charge is -2.20. The Morgan fingerprint density at radius 1 is 1.33 bits per heavy atom. The SMILES string of the molecule is CCOC(=O)c1nnn(CC(=O)NC(C)C)c1C(C)(C)C. The number of amides is 1. The lowest BCUT2D eigenvalue weighted by Crippen LogP contribution is -2.35. The van der Waals surface area contributed by atoms with Crippen molar-refractivity contribution in [2.24, 2.45) is 0 Å². The van der Waals surface area contributed by atoms with Gasteiger partial charge in [-0.15, -0.1) is 5.10 Å². The van der Waals surface area contributed by atoms with Gasteiger partial charge in [0.25, 0.3) is 0 Å². The number of carbonyl (C=O) groups is 2. The van der Waals surface area contributed by atoms with Gasteiger partial charge in [-0.1, -0.05) is 26.0 Å². The second kappa shape index (κ2) is 6.69. The van der Waals surface area contributed by atoms with Gasteiger partial charge in [0.15, 0.2) is 5.69 Å². The average Bonchev–Trinajstić information content (AvgIpc) is 2.71. The molecule has 0 fully saturated rings. The molecule has 0 spiro atoms. The standard InChI is InChI=1S/C14H24N4O3/c1-7-21-13(20)11-12(14(4,5)6)18(17-16-11)8-10(19)15-9(2)3/h9H,7-8H2,1-6H3,(H,15,19). The third-order valence-electron chi connectivity index (χ3n) is 2.66. The highest BCUT2D eigenvalue weighted by Gasteiger charge is 2.30. The topological polar surface area (TPSA) is 86.1 Å². The van der Waals surface area contributed by atoms with Crippen molar-refractivity contribution in [2.75, 3.05) is 6.61 Å². The fourth-order valence-corrected chi connectivity index (χ4v) is 2.01. The van der Waals surface area contributed by atoms with Gasteiger partial charge in [-0.25, -0.2) is 9.48 Å². The van der Waals surface area contributed by atoms with Gasteiger partial charge in [-0.05, 0) is 20.8 Å². The zero-order valence-corrected chi connectivity index (χ0v) is 13.6. The Balaban J connectivity index is 3.10. The van der Waals surface area contributed by atoms with Gasteiger partial charge >= 0.3 is 5.97 Å². The predicted octanol–water partition coefficient (Wildman–Crippen LogP) is 1.28. The molecule has 1 aromatic rings. The van der Waals surface area contributed by atoms with Crippen molar-refractivity contribution in [1.82, 2.24) is 20.3 Å². The van der Waals surface area contributed by atoms with Crippen LogP contribution in [0.15, 0.2) is 0 Å². The monoisotopic (exact) mass is 296 g/mol. The fourth-order valence-electron chi connectivity index (χ4n) is 2.01. The molecule has 1 heterocycles. The second-order valence-corrected chi connectivity index (χ2v) is 6.14. The van der Waals surface area contributed by atoms with E-state index >= 15 is 0 Å².